The Bertz CT molecular complexity index is 682. The summed E-state index contributed by atoms with van der Waals surface area (Å²) in [5.41, 5.74) is -0.0705. The Morgan fingerprint density at radius 1 is 1.28 bits per heavy atom. The molecule has 1 aromatic carbocycles. The Labute approximate surface area is 155 Å². The second-order valence-corrected chi connectivity index (χ2v) is 7.20. The molecule has 2 aliphatic heterocycles. The monoisotopic (exact) mass is 411 g/mol. The van der Waals surface area contributed by atoms with E-state index in [0.717, 1.165) is 0 Å². The third kappa shape index (κ3) is 3.47. The van der Waals surface area contributed by atoms with Crippen LogP contribution >= 0.6 is 15.9 Å². The molecular weight excluding hydrogens is 390 g/mol. The van der Waals surface area contributed by atoms with Crippen molar-refractivity contribution in [3.8, 4) is 17.2 Å². The molecule has 1 aromatic rings. The Morgan fingerprint density at radius 3 is 2.60 bits per heavy atom. The quantitative estimate of drug-likeness (QED) is 0.712. The van der Waals surface area contributed by atoms with Gasteiger partial charge in [0.25, 0.3) is 0 Å². The number of likely N-dealkylation sites (tertiary alicyclic amines) is 1. The number of hydrogen-bond donors (Lipinski definition) is 0. The van der Waals surface area contributed by atoms with Gasteiger partial charge >= 0.3 is 0 Å². The predicted molar refractivity (Wildman–Crippen MR) is 96.1 cm³/mol. The summed E-state index contributed by atoms with van der Waals surface area (Å²) >= 11 is 3.30. The molecule has 0 unspecified atom stereocenters. The first-order valence-corrected chi connectivity index (χ1v) is 9.46. The Hall–Kier alpha value is -1.76. The lowest BCUT2D eigenvalue weighted by Crippen LogP contribution is -2.52. The van der Waals surface area contributed by atoms with E-state index in [1.165, 1.54) is 7.11 Å². The second-order valence-electron chi connectivity index (χ2n) is 6.41. The van der Waals surface area contributed by atoms with Gasteiger partial charge in [-0.25, -0.2) is 0 Å². The van der Waals surface area contributed by atoms with Crippen LogP contribution in [0.2, 0.25) is 0 Å². The number of rotatable bonds is 4. The van der Waals surface area contributed by atoms with Gasteiger partial charge in [0.15, 0.2) is 5.78 Å². The minimum absolute atomic E-state index is 0.0148. The standard InChI is InChI=1S/C18H22BrNO5/c1-23-12-9-14(24-2)17-13(21)11-18(25-15(17)10-12)4-7-20(8-5-18)16(22)3-6-19/h9-10H,3-8,11H2,1-2H3. The van der Waals surface area contributed by atoms with Crippen molar-refractivity contribution in [2.75, 3.05) is 32.6 Å². The molecule has 0 saturated carbocycles. The summed E-state index contributed by atoms with van der Waals surface area (Å²) in [5.74, 6) is 1.72. The number of nitrogens with zero attached hydrogens (tertiary/aromatic N) is 1. The highest BCUT2D eigenvalue weighted by Crippen LogP contribution is 2.44. The van der Waals surface area contributed by atoms with Crippen LogP contribution in [0.5, 0.6) is 17.2 Å². The van der Waals surface area contributed by atoms with Crippen molar-refractivity contribution in [1.29, 1.82) is 0 Å². The molecule has 7 heteroatoms. The van der Waals surface area contributed by atoms with Crippen molar-refractivity contribution in [3.05, 3.63) is 17.7 Å². The van der Waals surface area contributed by atoms with Crippen LogP contribution in [0.3, 0.4) is 0 Å². The summed E-state index contributed by atoms with van der Waals surface area (Å²) in [5, 5.41) is 0.662. The maximum absolute atomic E-state index is 12.8. The van der Waals surface area contributed by atoms with Gasteiger partial charge in [-0.1, -0.05) is 15.9 Å². The molecule has 0 aromatic heterocycles. The van der Waals surface area contributed by atoms with Crippen LogP contribution < -0.4 is 14.2 Å². The first-order chi connectivity index (χ1) is 12.0. The highest BCUT2D eigenvalue weighted by atomic mass is 79.9. The van der Waals surface area contributed by atoms with Gasteiger partial charge in [-0.3, -0.25) is 9.59 Å². The van der Waals surface area contributed by atoms with Crippen molar-refractivity contribution in [1.82, 2.24) is 4.90 Å². The lowest BCUT2D eigenvalue weighted by atomic mass is 9.82. The number of carbonyl (C=O) groups is 2. The number of methoxy groups -OCH3 is 2. The van der Waals surface area contributed by atoms with Crippen molar-refractivity contribution in [2.24, 2.45) is 0 Å². The minimum atomic E-state index is -0.549. The highest BCUT2D eigenvalue weighted by molar-refractivity contribution is 9.09. The number of alkyl halides is 1. The van der Waals surface area contributed by atoms with Crippen LogP contribution in [0.15, 0.2) is 12.1 Å². The zero-order valence-electron chi connectivity index (χ0n) is 14.5. The molecule has 1 amide bonds. The number of benzene rings is 1. The fourth-order valence-electron chi connectivity index (χ4n) is 3.53. The minimum Gasteiger partial charge on any atom is -0.496 e. The Balaban J connectivity index is 1.82. The SMILES string of the molecule is COc1cc(OC)c2c(c1)OC1(CCN(C(=O)CCBr)CC1)CC2=O. The molecule has 1 saturated heterocycles. The van der Waals surface area contributed by atoms with Crippen LogP contribution in [0, 0.1) is 0 Å². The van der Waals surface area contributed by atoms with Crippen LogP contribution in [0.25, 0.3) is 0 Å². The summed E-state index contributed by atoms with van der Waals surface area (Å²) in [6, 6.07) is 3.43. The van der Waals surface area contributed by atoms with E-state index in [0.29, 0.717) is 66.9 Å². The summed E-state index contributed by atoms with van der Waals surface area (Å²) in [6.45, 7) is 1.21. The number of ketones is 1. The number of hydrogen-bond acceptors (Lipinski definition) is 5. The van der Waals surface area contributed by atoms with Crippen LogP contribution in [0.1, 0.15) is 36.0 Å². The maximum Gasteiger partial charge on any atom is 0.223 e. The van der Waals surface area contributed by atoms with Crippen molar-refractivity contribution >= 4 is 27.6 Å². The van der Waals surface area contributed by atoms with Gasteiger partial charge < -0.3 is 19.1 Å². The van der Waals surface area contributed by atoms with Crippen LogP contribution in [0.4, 0.5) is 0 Å². The highest BCUT2D eigenvalue weighted by Gasteiger charge is 2.44. The molecule has 2 heterocycles. The molecule has 1 fully saturated rings. The number of carbonyl (C=O) groups excluding carboxylic acids is 2. The maximum atomic E-state index is 12.8. The number of piperidine rings is 1. The molecule has 25 heavy (non-hydrogen) atoms. The van der Waals surface area contributed by atoms with Gasteiger partial charge in [0.2, 0.25) is 5.91 Å². The lowest BCUT2D eigenvalue weighted by molar-refractivity contribution is -0.134. The molecular formula is C18H22BrNO5. The summed E-state index contributed by atoms with van der Waals surface area (Å²) in [7, 11) is 3.09. The first-order valence-electron chi connectivity index (χ1n) is 8.34. The fourth-order valence-corrected chi connectivity index (χ4v) is 3.87. The summed E-state index contributed by atoms with van der Waals surface area (Å²) in [6.07, 6.45) is 2.09. The number of ether oxygens (including phenoxy) is 3. The van der Waals surface area contributed by atoms with Gasteiger partial charge in [0, 0.05) is 49.8 Å². The Kier molecular flexibility index (Phi) is 5.22. The molecule has 0 atom stereocenters. The third-order valence-electron chi connectivity index (χ3n) is 4.92. The third-order valence-corrected chi connectivity index (χ3v) is 5.32. The molecule has 0 aliphatic carbocycles. The van der Waals surface area contributed by atoms with Crippen LogP contribution in [-0.4, -0.2) is 54.8 Å². The van der Waals surface area contributed by atoms with Gasteiger partial charge in [-0.05, 0) is 0 Å². The van der Waals surface area contributed by atoms with Crippen LogP contribution in [-0.2, 0) is 4.79 Å². The molecule has 136 valence electrons. The number of fused-ring (bicyclic) bond motifs is 1. The summed E-state index contributed by atoms with van der Waals surface area (Å²) < 4.78 is 16.9. The number of amides is 1. The van der Waals surface area contributed by atoms with E-state index in [2.05, 4.69) is 15.9 Å². The number of halogens is 1. The average Bonchev–Trinajstić information content (AvgIpc) is 2.61. The molecule has 3 rings (SSSR count). The second kappa shape index (κ2) is 7.23. The topological polar surface area (TPSA) is 65.1 Å². The van der Waals surface area contributed by atoms with Crippen molar-refractivity contribution in [2.45, 2.75) is 31.3 Å². The molecule has 2 aliphatic rings. The van der Waals surface area contributed by atoms with E-state index in [9.17, 15) is 9.59 Å². The summed E-state index contributed by atoms with van der Waals surface area (Å²) in [4.78, 5) is 26.7. The molecule has 0 radical (unpaired) electrons. The lowest BCUT2D eigenvalue weighted by Gasteiger charge is -2.44. The predicted octanol–water partition coefficient (Wildman–Crippen LogP) is 2.82. The normalized spacial score (nSPS) is 18.5. The van der Waals surface area contributed by atoms with E-state index in [1.54, 1.807) is 19.2 Å². The zero-order valence-corrected chi connectivity index (χ0v) is 16.1. The van der Waals surface area contributed by atoms with Crippen molar-refractivity contribution < 1.29 is 23.8 Å². The smallest absolute Gasteiger partial charge is 0.223 e. The zero-order chi connectivity index (χ0) is 18.0. The molecule has 6 nitrogen and oxygen atoms in total. The van der Waals surface area contributed by atoms with E-state index in [1.807, 2.05) is 4.90 Å². The number of Topliss-reactive ketones (excluding diaryl/α,β-unsaturated/α-hetero) is 1. The molecule has 1 spiro atoms. The van der Waals surface area contributed by atoms with Gasteiger partial charge in [0.05, 0.1) is 20.6 Å². The molecule has 0 N–H and O–H groups in total. The Morgan fingerprint density at radius 2 is 2.00 bits per heavy atom. The largest absolute Gasteiger partial charge is 0.496 e. The van der Waals surface area contributed by atoms with E-state index >= 15 is 0 Å². The van der Waals surface area contributed by atoms with Gasteiger partial charge in [0.1, 0.15) is 28.4 Å². The van der Waals surface area contributed by atoms with E-state index < -0.39 is 5.60 Å². The molecule has 0 bridgehead atoms. The van der Waals surface area contributed by atoms with Gasteiger partial charge in [-0.15, -0.1) is 0 Å². The van der Waals surface area contributed by atoms with Crippen molar-refractivity contribution in [3.63, 3.8) is 0 Å². The first kappa shape index (κ1) is 18.0. The van der Waals surface area contributed by atoms with E-state index in [4.69, 9.17) is 14.2 Å². The van der Waals surface area contributed by atoms with Gasteiger partial charge in [-0.2, -0.15) is 0 Å². The average molecular weight is 412 g/mol. The fraction of sp³-hybridized carbons (Fsp3) is 0.556. The van der Waals surface area contributed by atoms with E-state index in [-0.39, 0.29) is 11.7 Å².